The number of carbonyl (C=O) groups is 2. The Morgan fingerprint density at radius 1 is 1.02 bits per heavy atom. The fourth-order valence-corrected chi connectivity index (χ4v) is 9.00. The molecule has 4 aromatic rings. The van der Waals surface area contributed by atoms with E-state index in [0.29, 0.717) is 43.5 Å². The predicted octanol–water partition coefficient (Wildman–Crippen LogP) is 4.61. The number of fused-ring (bicyclic) bond motifs is 1. The lowest BCUT2D eigenvalue weighted by Gasteiger charge is -2.34. The topological polar surface area (TPSA) is 179 Å². The number of aromatic nitrogens is 4. The third-order valence-corrected chi connectivity index (χ3v) is 12.4. The van der Waals surface area contributed by atoms with Crippen LogP contribution in [0.15, 0.2) is 53.7 Å². The van der Waals surface area contributed by atoms with Crippen molar-refractivity contribution in [3.63, 3.8) is 0 Å². The van der Waals surface area contributed by atoms with Crippen molar-refractivity contribution >= 4 is 44.6 Å². The van der Waals surface area contributed by atoms with Gasteiger partial charge < -0.3 is 10.1 Å². The molecule has 2 aromatic heterocycles. The molecule has 1 atom stereocenters. The lowest BCUT2D eigenvalue weighted by molar-refractivity contribution is -0.138. The molecule has 0 aliphatic carbocycles. The van der Waals surface area contributed by atoms with Gasteiger partial charge in [0.25, 0.3) is 0 Å². The number of nitrogens with zero attached hydrogens (tertiary/aromatic N) is 8. The Morgan fingerprint density at radius 2 is 1.73 bits per heavy atom. The average molecular weight is 795 g/mol. The molecule has 3 fully saturated rings. The van der Waals surface area contributed by atoms with Crippen LogP contribution in [0.5, 0.6) is 5.75 Å². The van der Waals surface area contributed by atoms with Crippen LogP contribution < -0.4 is 20.3 Å². The van der Waals surface area contributed by atoms with E-state index in [1.807, 2.05) is 20.0 Å². The number of rotatable bonds is 10. The molecule has 2 N–H and O–H groups in total. The largest absolute Gasteiger partial charge is 0.488 e. The van der Waals surface area contributed by atoms with Gasteiger partial charge in [0.15, 0.2) is 5.82 Å². The van der Waals surface area contributed by atoms with Crippen molar-refractivity contribution in [3.05, 3.63) is 65.5 Å². The van der Waals surface area contributed by atoms with Crippen LogP contribution in [0.1, 0.15) is 61.6 Å². The molecule has 0 radical (unpaired) electrons. The monoisotopic (exact) mass is 794 g/mol. The number of nitrogens with one attached hydrogen (secondary N) is 2. The van der Waals surface area contributed by atoms with Crippen LogP contribution in [0, 0.1) is 11.3 Å². The quantitative estimate of drug-likeness (QED) is 0.229. The van der Waals surface area contributed by atoms with Crippen LogP contribution in [-0.4, -0.2) is 101 Å². The summed E-state index contributed by atoms with van der Waals surface area (Å²) in [6.45, 7) is 4.69. The van der Waals surface area contributed by atoms with Gasteiger partial charge in [0.1, 0.15) is 17.9 Å². The number of carbonyl (C=O) groups excluding carboxylic acids is 2. The van der Waals surface area contributed by atoms with Gasteiger partial charge in [-0.05, 0) is 81.4 Å². The Balaban J connectivity index is 0.928. The number of ether oxygens (including phenoxy) is 1. The fourth-order valence-electron chi connectivity index (χ4n) is 7.52. The molecule has 296 valence electrons. The minimum atomic E-state index is -4.54. The number of nitriles is 1. The van der Waals surface area contributed by atoms with E-state index in [0.717, 1.165) is 36.8 Å². The van der Waals surface area contributed by atoms with Gasteiger partial charge in [0, 0.05) is 69.5 Å². The number of benzene rings is 2. The van der Waals surface area contributed by atoms with Gasteiger partial charge in [0.05, 0.1) is 21.5 Å². The second-order valence-corrected chi connectivity index (χ2v) is 16.3. The molecule has 7 rings (SSSR count). The predicted molar refractivity (Wildman–Crippen MR) is 198 cm³/mol. The molecule has 56 heavy (non-hydrogen) atoms. The molecule has 3 aliphatic rings. The summed E-state index contributed by atoms with van der Waals surface area (Å²) >= 11 is 0. The summed E-state index contributed by atoms with van der Waals surface area (Å²) in [5, 5.41) is 20.6. The zero-order chi connectivity index (χ0) is 39.8. The van der Waals surface area contributed by atoms with Gasteiger partial charge in [-0.15, -0.1) is 0 Å². The van der Waals surface area contributed by atoms with E-state index in [2.05, 4.69) is 48.8 Å². The smallest absolute Gasteiger partial charge is 0.419 e. The van der Waals surface area contributed by atoms with E-state index in [1.165, 1.54) is 33.0 Å². The molecule has 19 heteroatoms. The summed E-state index contributed by atoms with van der Waals surface area (Å²) < 4.78 is 75.2. The van der Waals surface area contributed by atoms with Gasteiger partial charge in [-0.25, -0.2) is 23.2 Å². The van der Waals surface area contributed by atoms with Crippen LogP contribution in [0.4, 0.5) is 29.7 Å². The normalized spacial score (nSPS) is 18.8. The van der Waals surface area contributed by atoms with Crippen molar-refractivity contribution in [3.8, 4) is 11.8 Å². The SMILES string of the molecule is C[C@H](CN1CCC(c2ccc3c(N4CCC(=O)NC4=O)nn(C)c3c2)CC1)Oc1cc(S(=O)(=O)N2CCC(Nc3ncc(C(F)(F)F)cn3)CC2)ccc1C#N. The highest BCUT2D eigenvalue weighted by molar-refractivity contribution is 7.89. The van der Waals surface area contributed by atoms with Crippen LogP contribution in [0.3, 0.4) is 0 Å². The number of piperidine rings is 2. The van der Waals surface area contributed by atoms with E-state index >= 15 is 0 Å². The number of amides is 3. The Labute approximate surface area is 321 Å². The number of sulfonamides is 1. The van der Waals surface area contributed by atoms with Crippen molar-refractivity contribution < 1.29 is 35.9 Å². The van der Waals surface area contributed by atoms with Crippen molar-refractivity contribution in [2.45, 2.75) is 68.2 Å². The molecule has 5 heterocycles. The van der Waals surface area contributed by atoms with Crippen LogP contribution in [0.2, 0.25) is 0 Å². The minimum absolute atomic E-state index is 0.00352. The Morgan fingerprint density at radius 3 is 2.39 bits per heavy atom. The molecule has 0 saturated carbocycles. The number of urea groups is 1. The van der Waals surface area contributed by atoms with Crippen molar-refractivity contribution in [2.24, 2.45) is 7.05 Å². The number of hydrogen-bond donors (Lipinski definition) is 2. The summed E-state index contributed by atoms with van der Waals surface area (Å²) in [4.78, 5) is 35.4. The number of halogens is 3. The molecule has 0 unspecified atom stereocenters. The second kappa shape index (κ2) is 15.7. The number of imide groups is 1. The van der Waals surface area contributed by atoms with Crippen LogP contribution in [-0.2, 0) is 28.0 Å². The van der Waals surface area contributed by atoms with Gasteiger partial charge in [-0.2, -0.15) is 27.8 Å². The number of anilines is 2. The van der Waals surface area contributed by atoms with E-state index in [1.54, 1.807) is 4.68 Å². The van der Waals surface area contributed by atoms with Crippen molar-refractivity contribution in [1.82, 2.24) is 34.3 Å². The highest BCUT2D eigenvalue weighted by Gasteiger charge is 2.33. The first-order chi connectivity index (χ1) is 26.7. The molecule has 2 aromatic carbocycles. The third-order valence-electron chi connectivity index (χ3n) is 10.5. The van der Waals surface area contributed by atoms with Gasteiger partial charge in [-0.1, -0.05) is 6.07 Å². The second-order valence-electron chi connectivity index (χ2n) is 14.4. The molecule has 0 spiro atoms. The van der Waals surface area contributed by atoms with E-state index in [4.69, 9.17) is 4.74 Å². The highest BCUT2D eigenvalue weighted by Crippen LogP contribution is 2.34. The van der Waals surface area contributed by atoms with Gasteiger partial charge >= 0.3 is 12.2 Å². The summed E-state index contributed by atoms with van der Waals surface area (Å²) in [7, 11) is -2.10. The number of aryl methyl sites for hydroxylation is 1. The van der Waals surface area contributed by atoms with E-state index in [-0.39, 0.29) is 66.3 Å². The molecule has 0 bridgehead atoms. The Kier molecular flexibility index (Phi) is 10.9. The lowest BCUT2D eigenvalue weighted by Crippen LogP contribution is -2.49. The number of hydrogen-bond acceptors (Lipinski definition) is 11. The maximum absolute atomic E-state index is 13.7. The zero-order valence-corrected chi connectivity index (χ0v) is 31.6. The summed E-state index contributed by atoms with van der Waals surface area (Å²) in [5.74, 6) is 0.762. The maximum atomic E-state index is 13.7. The van der Waals surface area contributed by atoms with E-state index in [9.17, 15) is 36.4 Å². The molecule has 3 amide bonds. The first-order valence-electron chi connectivity index (χ1n) is 18.4. The third kappa shape index (κ3) is 8.27. The molecule has 3 aliphatic heterocycles. The summed E-state index contributed by atoms with van der Waals surface area (Å²) in [6, 6.07) is 11.8. The Bertz CT molecular complexity index is 2260. The maximum Gasteiger partial charge on any atom is 0.419 e. The van der Waals surface area contributed by atoms with Crippen LogP contribution >= 0.6 is 0 Å². The van der Waals surface area contributed by atoms with Crippen molar-refractivity contribution in [2.75, 3.05) is 49.5 Å². The first-order valence-corrected chi connectivity index (χ1v) is 19.8. The van der Waals surface area contributed by atoms with Gasteiger partial charge in [-0.3, -0.25) is 24.6 Å². The number of alkyl halides is 3. The highest BCUT2D eigenvalue weighted by atomic mass is 32.2. The van der Waals surface area contributed by atoms with Crippen LogP contribution in [0.25, 0.3) is 10.9 Å². The Hall–Kier alpha value is -5.32. The van der Waals surface area contributed by atoms with Crippen molar-refractivity contribution in [1.29, 1.82) is 5.26 Å². The number of likely N-dealkylation sites (tertiary alicyclic amines) is 1. The average Bonchev–Trinajstić information content (AvgIpc) is 3.50. The molecule has 3 saturated heterocycles. The summed E-state index contributed by atoms with van der Waals surface area (Å²) in [6.07, 6.45) is -0.682. The first kappa shape index (κ1) is 38.9. The molecular formula is C37H41F3N10O5S. The minimum Gasteiger partial charge on any atom is -0.488 e. The summed E-state index contributed by atoms with van der Waals surface area (Å²) in [5.41, 5.74) is 1.35. The molecule has 15 nitrogen and oxygen atoms in total. The molecular weight excluding hydrogens is 754 g/mol. The standard InChI is InChI=1S/C37H41F3N10O5S/c1-23(22-48-12-7-24(8-13-48)25-4-6-30-31(17-25)47(2)46-34(30)50-16-11-33(51)45-36(50)52)55-32-18-29(5-3-26(32)19-41)56(53,54)49-14-9-28(10-15-49)44-35-42-20-27(21-43-35)37(38,39)40/h3-6,17-18,20-21,23-24,28H,7-16,22H2,1-2H3,(H,42,43,44)(H,45,51,52)/t23-/m1/s1. The van der Waals surface area contributed by atoms with E-state index < -0.39 is 27.8 Å². The van der Waals surface area contributed by atoms with Gasteiger partial charge in [0.2, 0.25) is 21.9 Å². The fraction of sp³-hybridized carbons (Fsp3) is 0.459. The lowest BCUT2D eigenvalue weighted by atomic mass is 9.89. The zero-order valence-electron chi connectivity index (χ0n) is 30.8.